The summed E-state index contributed by atoms with van der Waals surface area (Å²) in [5, 5.41) is 26.9. The van der Waals surface area contributed by atoms with Crippen LogP contribution >= 0.6 is 0 Å². The van der Waals surface area contributed by atoms with E-state index in [-0.39, 0.29) is 6.29 Å². The molecule has 6 nitrogen and oxygen atoms in total. The van der Waals surface area contributed by atoms with Crippen LogP contribution in [-0.2, 0) is 14.3 Å². The summed E-state index contributed by atoms with van der Waals surface area (Å²) in [5.41, 5.74) is 0. The zero-order chi connectivity index (χ0) is 11.1. The molecule has 0 aliphatic heterocycles. The van der Waals surface area contributed by atoms with Crippen molar-refractivity contribution in [3.63, 3.8) is 0 Å². The van der Waals surface area contributed by atoms with E-state index >= 15 is 0 Å². The smallest absolute Gasteiger partial charge is 0.330 e. The summed E-state index contributed by atoms with van der Waals surface area (Å²) in [6, 6.07) is 0. The van der Waals surface area contributed by atoms with E-state index in [1.54, 1.807) is 0 Å². The normalized spacial score (nSPS) is 16.5. The fourth-order valence-electron chi connectivity index (χ4n) is 0.633. The van der Waals surface area contributed by atoms with Gasteiger partial charge >= 0.3 is 5.97 Å². The van der Waals surface area contributed by atoms with Gasteiger partial charge in [0.1, 0.15) is 24.9 Å². The minimum Gasteiger partial charge on any atom is -0.460 e. The molecule has 14 heavy (non-hydrogen) atoms. The van der Waals surface area contributed by atoms with Crippen LogP contribution < -0.4 is 0 Å². The third-order valence-corrected chi connectivity index (χ3v) is 1.45. The number of hydrogen-bond donors (Lipinski definition) is 3. The fourth-order valence-corrected chi connectivity index (χ4v) is 0.633. The zero-order valence-electron chi connectivity index (χ0n) is 7.37. The van der Waals surface area contributed by atoms with Crippen molar-refractivity contribution < 1.29 is 29.6 Å². The van der Waals surface area contributed by atoms with E-state index in [2.05, 4.69) is 11.3 Å². The van der Waals surface area contributed by atoms with E-state index in [4.69, 9.17) is 15.3 Å². The molecule has 0 aromatic rings. The number of hydrogen-bond acceptors (Lipinski definition) is 6. The number of aliphatic hydroxyl groups is 3. The molecule has 0 aromatic heterocycles. The first-order valence-corrected chi connectivity index (χ1v) is 3.81. The highest BCUT2D eigenvalue weighted by molar-refractivity contribution is 5.81. The predicted molar refractivity (Wildman–Crippen MR) is 45.2 cm³/mol. The average Bonchev–Trinajstić information content (AvgIpc) is 2.22. The summed E-state index contributed by atoms with van der Waals surface area (Å²) in [7, 11) is 0. The molecule has 3 N–H and O–H groups in total. The second-order valence-corrected chi connectivity index (χ2v) is 2.52. The highest BCUT2D eigenvalue weighted by atomic mass is 16.5. The molecule has 0 aliphatic rings. The number of carbonyl (C=O) groups is 2. The van der Waals surface area contributed by atoms with Crippen molar-refractivity contribution in [2.75, 3.05) is 6.61 Å². The molecule has 0 aromatic carbocycles. The maximum Gasteiger partial charge on any atom is 0.330 e. The van der Waals surface area contributed by atoms with Gasteiger partial charge in [0.15, 0.2) is 6.29 Å². The topological polar surface area (TPSA) is 104 Å². The molecule has 0 heterocycles. The summed E-state index contributed by atoms with van der Waals surface area (Å²) in [6.07, 6.45) is -3.94. The van der Waals surface area contributed by atoms with Gasteiger partial charge in [0.2, 0.25) is 0 Å². The van der Waals surface area contributed by atoms with Crippen LogP contribution in [0.3, 0.4) is 0 Å². The van der Waals surface area contributed by atoms with E-state index in [1.807, 2.05) is 0 Å². The molecule has 0 bridgehead atoms. The van der Waals surface area contributed by atoms with Crippen LogP contribution in [0, 0.1) is 0 Å². The number of aliphatic hydroxyl groups excluding tert-OH is 3. The van der Waals surface area contributed by atoms with Crippen LogP contribution in [0.1, 0.15) is 0 Å². The lowest BCUT2D eigenvalue weighted by Gasteiger charge is -2.18. The van der Waals surface area contributed by atoms with Crippen LogP contribution in [-0.4, -0.2) is 52.5 Å². The molecule has 0 rings (SSSR count). The summed E-state index contributed by atoms with van der Waals surface area (Å²) in [4.78, 5) is 20.5. The minimum absolute atomic E-state index is 0.0726. The Hall–Kier alpha value is -1.24. The van der Waals surface area contributed by atoms with Gasteiger partial charge in [-0.05, 0) is 0 Å². The van der Waals surface area contributed by atoms with Gasteiger partial charge in [-0.25, -0.2) is 4.79 Å². The largest absolute Gasteiger partial charge is 0.460 e. The number of aldehydes is 1. The van der Waals surface area contributed by atoms with Crippen LogP contribution in [0.2, 0.25) is 0 Å². The van der Waals surface area contributed by atoms with Crippen molar-refractivity contribution in [1.29, 1.82) is 0 Å². The van der Waals surface area contributed by atoms with E-state index in [0.717, 1.165) is 6.08 Å². The Morgan fingerprint density at radius 1 is 1.43 bits per heavy atom. The lowest BCUT2D eigenvalue weighted by Crippen LogP contribution is -2.41. The Labute approximate surface area is 80.4 Å². The summed E-state index contributed by atoms with van der Waals surface area (Å²) >= 11 is 0. The van der Waals surface area contributed by atoms with Crippen molar-refractivity contribution in [3.05, 3.63) is 12.7 Å². The maximum atomic E-state index is 10.5. The Kier molecular flexibility index (Phi) is 5.70. The first-order chi connectivity index (χ1) is 6.52. The fraction of sp³-hybridized carbons (Fsp3) is 0.500. The van der Waals surface area contributed by atoms with Gasteiger partial charge in [0.25, 0.3) is 0 Å². The third kappa shape index (κ3) is 4.13. The molecule has 0 fully saturated rings. The van der Waals surface area contributed by atoms with Crippen LogP contribution in [0.15, 0.2) is 12.7 Å². The summed E-state index contributed by atoms with van der Waals surface area (Å²) in [5.74, 6) is -0.767. The molecule has 0 amide bonds. The van der Waals surface area contributed by atoms with Crippen molar-refractivity contribution in [1.82, 2.24) is 0 Å². The first-order valence-electron chi connectivity index (χ1n) is 3.81. The van der Waals surface area contributed by atoms with Crippen molar-refractivity contribution in [3.8, 4) is 0 Å². The number of ether oxygens (including phenoxy) is 1. The standard InChI is InChI=1S/C8H12O6/c1-2-7(12)14-4-6(11)8(13)5(10)3-9/h2-3,5-6,8,10-11,13H,1,4H2/t5-,6+,8-/m0/s1. The van der Waals surface area contributed by atoms with E-state index in [9.17, 15) is 9.59 Å². The Morgan fingerprint density at radius 2 is 2.00 bits per heavy atom. The van der Waals surface area contributed by atoms with Gasteiger partial charge in [-0.3, -0.25) is 0 Å². The molecule has 0 saturated carbocycles. The van der Waals surface area contributed by atoms with Crippen LogP contribution in [0.25, 0.3) is 0 Å². The van der Waals surface area contributed by atoms with Gasteiger partial charge in [0, 0.05) is 6.08 Å². The highest BCUT2D eigenvalue weighted by Gasteiger charge is 2.24. The second kappa shape index (κ2) is 6.25. The molecule has 0 radical (unpaired) electrons. The monoisotopic (exact) mass is 204 g/mol. The highest BCUT2D eigenvalue weighted by Crippen LogP contribution is 1.99. The molecule has 0 saturated heterocycles. The molecule has 6 heteroatoms. The maximum absolute atomic E-state index is 10.5. The van der Waals surface area contributed by atoms with Crippen molar-refractivity contribution in [2.45, 2.75) is 18.3 Å². The van der Waals surface area contributed by atoms with Crippen molar-refractivity contribution >= 4 is 12.3 Å². The lowest BCUT2D eigenvalue weighted by atomic mass is 10.1. The van der Waals surface area contributed by atoms with Gasteiger partial charge in [-0.1, -0.05) is 6.58 Å². The first kappa shape index (κ1) is 12.8. The second-order valence-electron chi connectivity index (χ2n) is 2.52. The van der Waals surface area contributed by atoms with Crippen LogP contribution in [0.4, 0.5) is 0 Å². The van der Waals surface area contributed by atoms with Crippen molar-refractivity contribution in [2.24, 2.45) is 0 Å². The molecule has 0 unspecified atom stereocenters. The Bertz CT molecular complexity index is 214. The van der Waals surface area contributed by atoms with Crippen LogP contribution in [0.5, 0.6) is 0 Å². The lowest BCUT2D eigenvalue weighted by molar-refractivity contribution is -0.146. The number of esters is 1. The van der Waals surface area contributed by atoms with E-state index < -0.39 is 30.9 Å². The zero-order valence-corrected chi connectivity index (χ0v) is 7.37. The summed E-state index contributed by atoms with van der Waals surface area (Å²) < 4.78 is 4.37. The number of carbonyl (C=O) groups excluding carboxylic acids is 2. The molecular weight excluding hydrogens is 192 g/mol. The molecule has 0 aliphatic carbocycles. The molecule has 3 atom stereocenters. The minimum atomic E-state index is -1.70. The predicted octanol–water partition coefficient (Wildman–Crippen LogP) is -2.00. The Balaban J connectivity index is 3.94. The Morgan fingerprint density at radius 3 is 2.43 bits per heavy atom. The quantitative estimate of drug-likeness (QED) is 0.262. The van der Waals surface area contributed by atoms with Gasteiger partial charge in [0.05, 0.1) is 0 Å². The summed E-state index contributed by atoms with van der Waals surface area (Å²) in [6.45, 7) is 2.59. The third-order valence-electron chi connectivity index (χ3n) is 1.45. The van der Waals surface area contributed by atoms with Gasteiger partial charge in [-0.2, -0.15) is 0 Å². The molecule has 80 valence electrons. The van der Waals surface area contributed by atoms with Gasteiger partial charge in [-0.15, -0.1) is 0 Å². The van der Waals surface area contributed by atoms with Gasteiger partial charge < -0.3 is 24.9 Å². The SMILES string of the molecule is C=CC(=O)OC[C@@H](O)[C@@H](O)[C@@H](O)C=O. The van der Waals surface area contributed by atoms with E-state index in [1.165, 1.54) is 0 Å². The molecular formula is C8H12O6. The molecule has 0 spiro atoms. The average molecular weight is 204 g/mol. The number of rotatable bonds is 6. The van der Waals surface area contributed by atoms with E-state index in [0.29, 0.717) is 0 Å².